The minimum atomic E-state index is -3.84. The van der Waals surface area contributed by atoms with E-state index in [0.717, 1.165) is 30.7 Å². The lowest BCUT2D eigenvalue weighted by Crippen LogP contribution is -2.45. The Kier molecular flexibility index (Phi) is 6.29. The summed E-state index contributed by atoms with van der Waals surface area (Å²) in [6.45, 7) is 6.03. The number of nitrogens with one attached hydrogen (secondary N) is 2. The van der Waals surface area contributed by atoms with E-state index in [9.17, 15) is 17.6 Å². The van der Waals surface area contributed by atoms with Gasteiger partial charge in [0.15, 0.2) is 0 Å². The van der Waals surface area contributed by atoms with Crippen molar-refractivity contribution in [2.45, 2.75) is 38.1 Å². The van der Waals surface area contributed by atoms with Crippen LogP contribution in [0.3, 0.4) is 0 Å². The van der Waals surface area contributed by atoms with E-state index in [1.54, 1.807) is 0 Å². The maximum Gasteiger partial charge on any atom is 0.241 e. The molecule has 0 radical (unpaired) electrons. The fourth-order valence-electron chi connectivity index (χ4n) is 1.61. The molecule has 2 N–H and O–H groups in total. The van der Waals surface area contributed by atoms with Gasteiger partial charge in [0.05, 0.1) is 10.9 Å². The number of hydrogen-bond donors (Lipinski definition) is 2. The minimum Gasteiger partial charge on any atom is -0.355 e. The number of benzene rings is 1. The quantitative estimate of drug-likeness (QED) is 0.803. The molecule has 1 rings (SSSR count). The van der Waals surface area contributed by atoms with Gasteiger partial charge in [-0.25, -0.2) is 12.8 Å². The van der Waals surface area contributed by atoms with Gasteiger partial charge < -0.3 is 5.32 Å². The third-order valence-corrected chi connectivity index (χ3v) is 4.43. The van der Waals surface area contributed by atoms with Crippen LogP contribution in [0.4, 0.5) is 4.39 Å². The second kappa shape index (κ2) is 7.51. The summed E-state index contributed by atoms with van der Waals surface area (Å²) in [5.74, 6) is -0.453. The van der Waals surface area contributed by atoms with Crippen molar-refractivity contribution in [3.8, 4) is 0 Å². The lowest BCUT2D eigenvalue weighted by molar-refractivity contribution is -0.122. The second-order valence-electron chi connectivity index (χ2n) is 5.27. The zero-order valence-corrected chi connectivity index (χ0v) is 13.2. The van der Waals surface area contributed by atoms with Crippen LogP contribution in [0.1, 0.15) is 27.2 Å². The molecule has 0 saturated heterocycles. The van der Waals surface area contributed by atoms with E-state index in [2.05, 4.69) is 10.0 Å². The number of hydrogen-bond acceptors (Lipinski definition) is 3. The van der Waals surface area contributed by atoms with Crippen LogP contribution in [0, 0.1) is 11.7 Å². The molecule has 1 aromatic carbocycles. The highest BCUT2D eigenvalue weighted by molar-refractivity contribution is 7.89. The van der Waals surface area contributed by atoms with Crippen molar-refractivity contribution < 1.29 is 17.6 Å². The van der Waals surface area contributed by atoms with Crippen molar-refractivity contribution >= 4 is 15.9 Å². The summed E-state index contributed by atoms with van der Waals surface area (Å²) in [6.07, 6.45) is 0.823. The van der Waals surface area contributed by atoms with Crippen molar-refractivity contribution in [2.75, 3.05) is 6.54 Å². The monoisotopic (exact) mass is 316 g/mol. The van der Waals surface area contributed by atoms with Gasteiger partial charge in [-0.15, -0.1) is 0 Å². The van der Waals surface area contributed by atoms with Gasteiger partial charge in [0.2, 0.25) is 15.9 Å². The molecule has 1 aromatic rings. The normalized spacial score (nSPS) is 13.2. The largest absolute Gasteiger partial charge is 0.355 e. The van der Waals surface area contributed by atoms with E-state index in [1.165, 1.54) is 6.92 Å². The van der Waals surface area contributed by atoms with Crippen molar-refractivity contribution in [1.29, 1.82) is 0 Å². The van der Waals surface area contributed by atoms with Gasteiger partial charge in [-0.3, -0.25) is 4.79 Å². The van der Waals surface area contributed by atoms with Crippen LogP contribution in [0.25, 0.3) is 0 Å². The third-order valence-electron chi connectivity index (χ3n) is 2.87. The Morgan fingerprint density at radius 1 is 1.19 bits per heavy atom. The molecule has 0 bridgehead atoms. The van der Waals surface area contributed by atoms with Crippen LogP contribution in [0.15, 0.2) is 29.2 Å². The highest BCUT2D eigenvalue weighted by Gasteiger charge is 2.21. The molecular weight excluding hydrogens is 295 g/mol. The Hall–Kier alpha value is -1.47. The fraction of sp³-hybridized carbons (Fsp3) is 0.500. The van der Waals surface area contributed by atoms with Crippen molar-refractivity contribution in [1.82, 2.24) is 10.0 Å². The van der Waals surface area contributed by atoms with Gasteiger partial charge in [0.1, 0.15) is 5.82 Å². The van der Waals surface area contributed by atoms with Crippen molar-refractivity contribution in [3.63, 3.8) is 0 Å². The van der Waals surface area contributed by atoms with E-state index in [1.807, 2.05) is 13.8 Å². The molecule has 1 amide bonds. The van der Waals surface area contributed by atoms with E-state index in [-0.39, 0.29) is 10.8 Å². The molecule has 0 aliphatic heterocycles. The maximum atomic E-state index is 12.8. The highest BCUT2D eigenvalue weighted by Crippen LogP contribution is 2.10. The fourth-order valence-corrected chi connectivity index (χ4v) is 2.81. The van der Waals surface area contributed by atoms with E-state index < -0.39 is 21.9 Å². The number of rotatable bonds is 7. The molecule has 0 heterocycles. The lowest BCUT2D eigenvalue weighted by Gasteiger charge is -2.15. The number of carbonyl (C=O) groups is 1. The number of carbonyl (C=O) groups excluding carboxylic acids is 1. The van der Waals surface area contributed by atoms with Crippen molar-refractivity contribution in [2.24, 2.45) is 5.92 Å². The first-order valence-corrected chi connectivity index (χ1v) is 8.26. The summed E-state index contributed by atoms with van der Waals surface area (Å²) < 4.78 is 39.1. The number of halogens is 1. The smallest absolute Gasteiger partial charge is 0.241 e. The summed E-state index contributed by atoms with van der Waals surface area (Å²) >= 11 is 0. The van der Waals surface area contributed by atoms with Gasteiger partial charge >= 0.3 is 0 Å². The Morgan fingerprint density at radius 2 is 1.76 bits per heavy atom. The Bertz CT molecular complexity index is 570. The Balaban J connectivity index is 2.62. The standard InChI is InChI=1S/C14H21FN2O3S/c1-10(2)8-9-16-14(18)11(3)17-21(19,20)13-6-4-12(15)5-7-13/h4-7,10-11,17H,8-9H2,1-3H3,(H,16,18). The molecule has 5 nitrogen and oxygen atoms in total. The zero-order valence-electron chi connectivity index (χ0n) is 12.4. The predicted molar refractivity (Wildman–Crippen MR) is 78.6 cm³/mol. The number of sulfonamides is 1. The van der Waals surface area contributed by atoms with Crippen LogP contribution in [0.5, 0.6) is 0 Å². The molecule has 0 aromatic heterocycles. The van der Waals surface area contributed by atoms with Gasteiger partial charge in [-0.2, -0.15) is 4.72 Å². The Morgan fingerprint density at radius 3 is 2.29 bits per heavy atom. The van der Waals surface area contributed by atoms with Crippen LogP contribution in [-0.4, -0.2) is 26.9 Å². The summed E-state index contributed by atoms with van der Waals surface area (Å²) in [5.41, 5.74) is 0. The van der Waals surface area contributed by atoms with E-state index in [4.69, 9.17) is 0 Å². The molecule has 118 valence electrons. The Labute approximate surface area is 125 Å². The summed E-state index contributed by atoms with van der Waals surface area (Å²) in [5, 5.41) is 2.67. The van der Waals surface area contributed by atoms with E-state index >= 15 is 0 Å². The average molecular weight is 316 g/mol. The molecule has 0 aliphatic rings. The predicted octanol–water partition coefficient (Wildman–Crippen LogP) is 1.65. The second-order valence-corrected chi connectivity index (χ2v) is 6.98. The van der Waals surface area contributed by atoms with E-state index in [0.29, 0.717) is 12.5 Å². The lowest BCUT2D eigenvalue weighted by atomic mass is 10.1. The van der Waals surface area contributed by atoms with Gasteiger partial charge in [-0.05, 0) is 43.5 Å². The molecule has 1 unspecified atom stereocenters. The molecule has 7 heteroatoms. The first-order valence-electron chi connectivity index (χ1n) is 6.78. The third kappa shape index (κ3) is 5.81. The first-order chi connectivity index (χ1) is 9.72. The van der Waals surface area contributed by atoms with Gasteiger partial charge in [0.25, 0.3) is 0 Å². The summed E-state index contributed by atoms with van der Waals surface area (Å²) in [7, 11) is -3.84. The molecular formula is C14H21FN2O3S. The first kappa shape index (κ1) is 17.6. The van der Waals surface area contributed by atoms with Crippen molar-refractivity contribution in [3.05, 3.63) is 30.1 Å². The molecule has 21 heavy (non-hydrogen) atoms. The SMILES string of the molecule is CC(C)CCNC(=O)C(C)NS(=O)(=O)c1ccc(F)cc1. The molecule has 0 spiro atoms. The van der Waals surface area contributed by atoms with Crippen LogP contribution >= 0.6 is 0 Å². The van der Waals surface area contributed by atoms with Crippen LogP contribution in [0.2, 0.25) is 0 Å². The summed E-state index contributed by atoms with van der Waals surface area (Å²) in [6, 6.07) is 3.53. The topological polar surface area (TPSA) is 75.3 Å². The summed E-state index contributed by atoms with van der Waals surface area (Å²) in [4.78, 5) is 11.7. The van der Waals surface area contributed by atoms with Crippen LogP contribution in [-0.2, 0) is 14.8 Å². The number of amides is 1. The average Bonchev–Trinajstić information content (AvgIpc) is 2.38. The zero-order chi connectivity index (χ0) is 16.0. The van der Waals surface area contributed by atoms with Gasteiger partial charge in [0, 0.05) is 6.54 Å². The molecule has 0 saturated carbocycles. The maximum absolute atomic E-state index is 12.8. The molecule has 1 atom stereocenters. The molecule has 0 aliphatic carbocycles. The minimum absolute atomic E-state index is 0.0780. The van der Waals surface area contributed by atoms with Crippen LogP contribution < -0.4 is 10.0 Å². The highest BCUT2D eigenvalue weighted by atomic mass is 32.2. The molecule has 0 fully saturated rings. The van der Waals surface area contributed by atoms with Gasteiger partial charge in [-0.1, -0.05) is 13.8 Å².